The number of H-pyrrole nitrogens is 1. The minimum atomic E-state index is -0.524. The smallest absolute Gasteiger partial charge is 0.244 e. The molecule has 3 heterocycles. The lowest BCUT2D eigenvalue weighted by atomic mass is 9.69. The van der Waals surface area contributed by atoms with Crippen LogP contribution in [0.25, 0.3) is 0 Å². The molecule has 3 rings (SSSR count). The number of nitriles is 1. The number of nitrogens with two attached hydrogens (primary N) is 1. The summed E-state index contributed by atoms with van der Waals surface area (Å²) in [5.41, 5.74) is 7.57. The molecular formula is C12H14N4O2. The van der Waals surface area contributed by atoms with E-state index in [1.165, 1.54) is 0 Å². The molecule has 94 valence electrons. The van der Waals surface area contributed by atoms with Gasteiger partial charge in [-0.25, -0.2) is 0 Å². The van der Waals surface area contributed by atoms with E-state index in [2.05, 4.69) is 16.3 Å². The van der Waals surface area contributed by atoms with Crippen molar-refractivity contribution in [2.24, 2.45) is 5.73 Å². The third-order valence-electron chi connectivity index (χ3n) is 3.93. The fraction of sp³-hybridized carbons (Fsp3) is 0.500. The Kier molecular flexibility index (Phi) is 2.16. The summed E-state index contributed by atoms with van der Waals surface area (Å²) in [6.07, 6.45) is 0.596. The Morgan fingerprint density at radius 3 is 3.00 bits per heavy atom. The van der Waals surface area contributed by atoms with Gasteiger partial charge < -0.3 is 15.2 Å². The average molecular weight is 246 g/mol. The zero-order valence-corrected chi connectivity index (χ0v) is 10.3. The summed E-state index contributed by atoms with van der Waals surface area (Å²) < 4.78 is 11.1. The van der Waals surface area contributed by atoms with Crippen molar-refractivity contribution < 1.29 is 9.47 Å². The molecule has 0 saturated carbocycles. The Bertz CT molecular complexity index is 583. The maximum absolute atomic E-state index is 9.40. The van der Waals surface area contributed by atoms with E-state index in [0.717, 1.165) is 11.3 Å². The van der Waals surface area contributed by atoms with Crippen molar-refractivity contribution in [2.45, 2.75) is 31.8 Å². The van der Waals surface area contributed by atoms with Crippen LogP contribution in [0.15, 0.2) is 11.5 Å². The molecular weight excluding hydrogens is 232 g/mol. The molecule has 6 nitrogen and oxygen atoms in total. The lowest BCUT2D eigenvalue weighted by Crippen LogP contribution is -2.41. The lowest BCUT2D eigenvalue weighted by Gasteiger charge is -2.35. The van der Waals surface area contributed by atoms with Gasteiger partial charge in [0.05, 0.1) is 17.1 Å². The van der Waals surface area contributed by atoms with Crippen molar-refractivity contribution >= 4 is 0 Å². The Balaban J connectivity index is 2.31. The number of nitrogens with zero attached hydrogens (tertiary/aromatic N) is 2. The van der Waals surface area contributed by atoms with E-state index in [9.17, 15) is 5.26 Å². The minimum Gasteiger partial charge on any atom is -0.420 e. The Morgan fingerprint density at radius 1 is 1.61 bits per heavy atom. The van der Waals surface area contributed by atoms with Gasteiger partial charge >= 0.3 is 0 Å². The van der Waals surface area contributed by atoms with E-state index in [0.29, 0.717) is 24.5 Å². The highest BCUT2D eigenvalue weighted by Gasteiger charge is 2.53. The number of aryl methyl sites for hydroxylation is 1. The SMILES string of the molecule is Cc1[nH]nc2c1C1(CCO[C@@H]1C)C(C#N)=C(N)O2. The summed E-state index contributed by atoms with van der Waals surface area (Å²) in [5.74, 6) is 0.593. The fourth-order valence-electron chi connectivity index (χ4n) is 3.06. The largest absolute Gasteiger partial charge is 0.420 e. The number of hydrogen-bond acceptors (Lipinski definition) is 5. The monoisotopic (exact) mass is 246 g/mol. The maximum Gasteiger partial charge on any atom is 0.244 e. The van der Waals surface area contributed by atoms with Gasteiger partial charge in [-0.3, -0.25) is 5.10 Å². The van der Waals surface area contributed by atoms with Gasteiger partial charge in [-0.1, -0.05) is 0 Å². The standard InChI is InChI=1S/C12H14N4O2/c1-6-9-11(16-15-6)18-10(14)8(5-13)12(9)3-4-17-7(12)2/h7H,3-4,14H2,1-2H3,(H,15,16)/t7-,12?/m1/s1. The first-order valence-corrected chi connectivity index (χ1v) is 5.86. The summed E-state index contributed by atoms with van der Waals surface area (Å²) >= 11 is 0. The predicted molar refractivity (Wildman–Crippen MR) is 62.5 cm³/mol. The second kappa shape index (κ2) is 3.50. The Labute approximate surface area is 104 Å². The topological polar surface area (TPSA) is 97.0 Å². The van der Waals surface area contributed by atoms with Crippen molar-refractivity contribution in [3.63, 3.8) is 0 Å². The molecule has 2 aliphatic heterocycles. The molecule has 0 aliphatic carbocycles. The van der Waals surface area contributed by atoms with Crippen LogP contribution >= 0.6 is 0 Å². The van der Waals surface area contributed by atoms with Crippen molar-refractivity contribution in [3.05, 3.63) is 22.7 Å². The maximum atomic E-state index is 9.40. The molecule has 1 fully saturated rings. The summed E-state index contributed by atoms with van der Waals surface area (Å²) in [7, 11) is 0. The number of aromatic amines is 1. The lowest BCUT2D eigenvalue weighted by molar-refractivity contribution is 0.0996. The number of fused-ring (bicyclic) bond motifs is 2. The van der Waals surface area contributed by atoms with E-state index < -0.39 is 5.41 Å². The van der Waals surface area contributed by atoms with Gasteiger partial charge in [-0.15, -0.1) is 5.10 Å². The molecule has 6 heteroatoms. The fourth-order valence-corrected chi connectivity index (χ4v) is 3.06. The van der Waals surface area contributed by atoms with Gasteiger partial charge in [-0.05, 0) is 20.3 Å². The molecule has 0 bridgehead atoms. The van der Waals surface area contributed by atoms with Crippen molar-refractivity contribution in [1.29, 1.82) is 5.26 Å². The molecule has 1 unspecified atom stereocenters. The Hall–Kier alpha value is -2.00. The predicted octanol–water partition coefficient (Wildman–Crippen LogP) is 0.851. The van der Waals surface area contributed by atoms with Gasteiger partial charge in [-0.2, -0.15) is 5.26 Å². The number of nitrogens with one attached hydrogen (secondary N) is 1. The van der Waals surface area contributed by atoms with Crippen molar-refractivity contribution in [1.82, 2.24) is 10.2 Å². The molecule has 18 heavy (non-hydrogen) atoms. The van der Waals surface area contributed by atoms with Crippen LogP contribution in [0, 0.1) is 18.3 Å². The van der Waals surface area contributed by atoms with Gasteiger partial charge in [0.2, 0.25) is 11.8 Å². The van der Waals surface area contributed by atoms with E-state index in [1.807, 2.05) is 13.8 Å². The van der Waals surface area contributed by atoms with Gasteiger partial charge in [0.15, 0.2) is 0 Å². The molecule has 3 N–H and O–H groups in total. The van der Waals surface area contributed by atoms with Crippen molar-refractivity contribution in [2.75, 3.05) is 6.61 Å². The molecule has 0 radical (unpaired) electrons. The summed E-state index contributed by atoms with van der Waals surface area (Å²) in [6.45, 7) is 4.47. The van der Waals surface area contributed by atoms with Crippen LogP contribution in [0.4, 0.5) is 0 Å². The zero-order chi connectivity index (χ0) is 12.9. The van der Waals surface area contributed by atoms with Crippen molar-refractivity contribution in [3.8, 4) is 11.9 Å². The first kappa shape index (κ1) is 11.1. The highest BCUT2D eigenvalue weighted by Crippen LogP contribution is 2.51. The quantitative estimate of drug-likeness (QED) is 0.707. The molecule has 2 aliphatic rings. The van der Waals surface area contributed by atoms with Gasteiger partial charge in [0.25, 0.3) is 0 Å². The molecule has 0 amide bonds. The normalized spacial score (nSPS) is 30.2. The summed E-state index contributed by atoms with van der Waals surface area (Å²) in [6, 6.07) is 2.18. The molecule has 1 aromatic heterocycles. The van der Waals surface area contributed by atoms with Crippen LogP contribution in [0.3, 0.4) is 0 Å². The molecule has 1 spiro atoms. The van der Waals surface area contributed by atoms with Gasteiger partial charge in [0.1, 0.15) is 11.6 Å². The van der Waals surface area contributed by atoms with Crippen LogP contribution in [0.5, 0.6) is 5.88 Å². The summed E-state index contributed by atoms with van der Waals surface area (Å²) in [5, 5.41) is 16.4. The first-order valence-electron chi connectivity index (χ1n) is 5.86. The van der Waals surface area contributed by atoms with Gasteiger partial charge in [0, 0.05) is 12.3 Å². The van der Waals surface area contributed by atoms with E-state index in [-0.39, 0.29) is 12.0 Å². The number of aromatic nitrogens is 2. The number of rotatable bonds is 0. The first-order chi connectivity index (χ1) is 8.61. The minimum absolute atomic E-state index is 0.121. The highest BCUT2D eigenvalue weighted by atomic mass is 16.5. The van der Waals surface area contributed by atoms with E-state index in [4.69, 9.17) is 15.2 Å². The van der Waals surface area contributed by atoms with E-state index >= 15 is 0 Å². The number of hydrogen-bond donors (Lipinski definition) is 2. The van der Waals surface area contributed by atoms with E-state index in [1.54, 1.807) is 0 Å². The Morgan fingerprint density at radius 2 is 2.39 bits per heavy atom. The van der Waals surface area contributed by atoms with Crippen LogP contribution in [-0.2, 0) is 10.2 Å². The highest BCUT2D eigenvalue weighted by molar-refractivity contribution is 5.55. The molecule has 1 saturated heterocycles. The van der Waals surface area contributed by atoms with Crippen LogP contribution in [-0.4, -0.2) is 22.9 Å². The molecule has 0 aromatic carbocycles. The molecule has 2 atom stereocenters. The third-order valence-corrected chi connectivity index (χ3v) is 3.93. The summed E-state index contributed by atoms with van der Waals surface area (Å²) in [4.78, 5) is 0. The molecule has 1 aromatic rings. The second-order valence-corrected chi connectivity index (χ2v) is 4.72. The van der Waals surface area contributed by atoms with Crippen LogP contribution in [0.1, 0.15) is 24.6 Å². The van der Waals surface area contributed by atoms with Crippen LogP contribution < -0.4 is 10.5 Å². The second-order valence-electron chi connectivity index (χ2n) is 4.72. The third kappa shape index (κ3) is 1.12. The number of ether oxygens (including phenoxy) is 2. The zero-order valence-electron chi connectivity index (χ0n) is 10.3. The average Bonchev–Trinajstić information content (AvgIpc) is 2.86. The van der Waals surface area contributed by atoms with Crippen LogP contribution in [0.2, 0.25) is 0 Å².